The number of halogens is 2. The minimum atomic E-state index is 0.198. The van der Waals surface area contributed by atoms with Crippen LogP contribution in [0.1, 0.15) is 0 Å². The SMILES string of the molecule is Oc1ccc(-c2oc3ncnc(Cl)c3c2Br)cc1. The Bertz CT molecular complexity index is 725. The van der Waals surface area contributed by atoms with E-state index in [-0.39, 0.29) is 5.75 Å². The van der Waals surface area contributed by atoms with Crippen LogP contribution in [0.15, 0.2) is 39.5 Å². The van der Waals surface area contributed by atoms with Gasteiger partial charge in [-0.2, -0.15) is 0 Å². The standard InChI is InChI=1S/C12H6BrClN2O2/c13-9-8-11(14)15-5-16-12(8)18-10(9)6-1-3-7(17)4-2-6/h1-5,17H. The van der Waals surface area contributed by atoms with Crippen molar-refractivity contribution in [3.63, 3.8) is 0 Å². The summed E-state index contributed by atoms with van der Waals surface area (Å²) in [5.41, 5.74) is 1.23. The highest BCUT2D eigenvalue weighted by atomic mass is 79.9. The van der Waals surface area contributed by atoms with Crippen LogP contribution in [0.5, 0.6) is 5.75 Å². The smallest absolute Gasteiger partial charge is 0.232 e. The van der Waals surface area contributed by atoms with Crippen LogP contribution < -0.4 is 0 Å². The number of aromatic nitrogens is 2. The molecule has 0 amide bonds. The van der Waals surface area contributed by atoms with Crippen molar-refractivity contribution in [2.24, 2.45) is 0 Å². The van der Waals surface area contributed by atoms with E-state index in [2.05, 4.69) is 25.9 Å². The lowest BCUT2D eigenvalue weighted by atomic mass is 10.1. The van der Waals surface area contributed by atoms with E-state index in [1.54, 1.807) is 24.3 Å². The van der Waals surface area contributed by atoms with Crippen LogP contribution in [-0.4, -0.2) is 15.1 Å². The molecule has 3 aromatic rings. The van der Waals surface area contributed by atoms with Gasteiger partial charge in [-0.25, -0.2) is 9.97 Å². The summed E-state index contributed by atoms with van der Waals surface area (Å²) >= 11 is 9.44. The molecule has 0 bridgehead atoms. The molecule has 4 nitrogen and oxygen atoms in total. The van der Waals surface area contributed by atoms with E-state index in [1.165, 1.54) is 6.33 Å². The van der Waals surface area contributed by atoms with Gasteiger partial charge in [-0.15, -0.1) is 0 Å². The van der Waals surface area contributed by atoms with Crippen molar-refractivity contribution in [1.29, 1.82) is 0 Å². The Labute approximate surface area is 115 Å². The van der Waals surface area contributed by atoms with E-state index >= 15 is 0 Å². The van der Waals surface area contributed by atoms with Crippen molar-refractivity contribution in [2.75, 3.05) is 0 Å². The van der Waals surface area contributed by atoms with Crippen molar-refractivity contribution in [3.8, 4) is 17.1 Å². The van der Waals surface area contributed by atoms with Gasteiger partial charge in [-0.1, -0.05) is 11.6 Å². The van der Waals surface area contributed by atoms with Crippen LogP contribution in [0, 0.1) is 0 Å². The monoisotopic (exact) mass is 324 g/mol. The number of fused-ring (bicyclic) bond motifs is 1. The van der Waals surface area contributed by atoms with Gasteiger partial charge in [0.15, 0.2) is 5.76 Å². The van der Waals surface area contributed by atoms with Crippen LogP contribution in [0.4, 0.5) is 0 Å². The van der Waals surface area contributed by atoms with E-state index in [0.717, 1.165) is 5.56 Å². The number of benzene rings is 1. The molecule has 2 heterocycles. The molecule has 3 rings (SSSR count). The molecule has 0 atom stereocenters. The summed E-state index contributed by atoms with van der Waals surface area (Å²) in [5.74, 6) is 0.802. The zero-order valence-electron chi connectivity index (χ0n) is 8.89. The maximum atomic E-state index is 9.27. The fourth-order valence-corrected chi connectivity index (χ4v) is 2.66. The fourth-order valence-electron chi connectivity index (χ4n) is 1.66. The lowest BCUT2D eigenvalue weighted by Crippen LogP contribution is -1.78. The van der Waals surface area contributed by atoms with Gasteiger partial charge in [0, 0.05) is 5.56 Å². The zero-order chi connectivity index (χ0) is 12.7. The molecule has 18 heavy (non-hydrogen) atoms. The van der Waals surface area contributed by atoms with Crippen LogP contribution in [0.3, 0.4) is 0 Å². The van der Waals surface area contributed by atoms with Gasteiger partial charge in [0.05, 0.1) is 9.86 Å². The zero-order valence-corrected chi connectivity index (χ0v) is 11.2. The predicted octanol–water partition coefficient (Wildman–Crippen LogP) is 4.01. The van der Waals surface area contributed by atoms with Crippen LogP contribution in [-0.2, 0) is 0 Å². The maximum absolute atomic E-state index is 9.27. The number of rotatable bonds is 1. The number of phenols is 1. The molecule has 0 aliphatic heterocycles. The minimum Gasteiger partial charge on any atom is -0.508 e. The number of phenolic OH excluding ortho intramolecular Hbond substituents is 1. The van der Waals surface area contributed by atoms with E-state index in [0.29, 0.717) is 26.5 Å². The van der Waals surface area contributed by atoms with Crippen LogP contribution in [0.2, 0.25) is 5.15 Å². The Kier molecular flexibility index (Phi) is 2.72. The molecule has 0 aliphatic carbocycles. The molecule has 0 radical (unpaired) electrons. The van der Waals surface area contributed by atoms with Gasteiger partial charge in [0.2, 0.25) is 5.71 Å². The van der Waals surface area contributed by atoms with Gasteiger partial charge in [-0.05, 0) is 40.2 Å². The predicted molar refractivity (Wildman–Crippen MR) is 71.6 cm³/mol. The molecule has 90 valence electrons. The number of aromatic hydroxyl groups is 1. The molecule has 0 aliphatic rings. The average Bonchev–Trinajstić information content (AvgIpc) is 2.69. The van der Waals surface area contributed by atoms with Gasteiger partial charge in [0.1, 0.15) is 17.2 Å². The fraction of sp³-hybridized carbons (Fsp3) is 0. The Balaban J connectivity index is 2.27. The first kappa shape index (κ1) is 11.5. The van der Waals surface area contributed by atoms with Crippen LogP contribution in [0.25, 0.3) is 22.4 Å². The summed E-state index contributed by atoms with van der Waals surface area (Å²) in [6.45, 7) is 0. The van der Waals surface area contributed by atoms with Crippen molar-refractivity contribution in [1.82, 2.24) is 9.97 Å². The third-order valence-electron chi connectivity index (χ3n) is 2.51. The lowest BCUT2D eigenvalue weighted by Gasteiger charge is -1.97. The first-order valence-corrected chi connectivity index (χ1v) is 6.22. The molecule has 0 saturated heterocycles. The second-order valence-corrected chi connectivity index (χ2v) is 4.79. The highest BCUT2D eigenvalue weighted by Crippen LogP contribution is 2.39. The maximum Gasteiger partial charge on any atom is 0.232 e. The summed E-state index contributed by atoms with van der Waals surface area (Å²) in [7, 11) is 0. The van der Waals surface area contributed by atoms with E-state index in [1.807, 2.05) is 0 Å². The average molecular weight is 326 g/mol. The Morgan fingerprint density at radius 3 is 2.56 bits per heavy atom. The molecule has 1 aromatic carbocycles. The molecule has 0 fully saturated rings. The van der Waals surface area contributed by atoms with E-state index in [4.69, 9.17) is 16.0 Å². The Morgan fingerprint density at radius 1 is 1.17 bits per heavy atom. The minimum absolute atomic E-state index is 0.198. The second kappa shape index (κ2) is 4.26. The van der Waals surface area contributed by atoms with Gasteiger partial charge >= 0.3 is 0 Å². The lowest BCUT2D eigenvalue weighted by molar-refractivity contribution is 0.475. The highest BCUT2D eigenvalue weighted by molar-refractivity contribution is 9.10. The van der Waals surface area contributed by atoms with E-state index < -0.39 is 0 Å². The topological polar surface area (TPSA) is 59.2 Å². The van der Waals surface area contributed by atoms with Crippen molar-refractivity contribution >= 4 is 38.6 Å². The summed E-state index contributed by atoms with van der Waals surface area (Å²) in [5, 5.41) is 10.2. The Morgan fingerprint density at radius 2 is 1.89 bits per heavy atom. The number of hydrogen-bond donors (Lipinski definition) is 1. The third-order valence-corrected chi connectivity index (χ3v) is 3.56. The normalized spacial score (nSPS) is 11.0. The second-order valence-electron chi connectivity index (χ2n) is 3.64. The molecular formula is C12H6BrClN2O2. The van der Waals surface area contributed by atoms with Crippen molar-refractivity contribution < 1.29 is 9.52 Å². The molecule has 1 N–H and O–H groups in total. The van der Waals surface area contributed by atoms with Gasteiger partial charge < -0.3 is 9.52 Å². The summed E-state index contributed by atoms with van der Waals surface area (Å²) < 4.78 is 6.34. The molecule has 2 aromatic heterocycles. The summed E-state index contributed by atoms with van der Waals surface area (Å²) in [6.07, 6.45) is 1.35. The first-order valence-electron chi connectivity index (χ1n) is 5.04. The Hall–Kier alpha value is -1.59. The number of furan rings is 1. The quantitative estimate of drug-likeness (QED) is 0.687. The number of hydrogen-bond acceptors (Lipinski definition) is 4. The summed E-state index contributed by atoms with van der Waals surface area (Å²) in [4.78, 5) is 7.94. The highest BCUT2D eigenvalue weighted by Gasteiger charge is 2.17. The van der Waals surface area contributed by atoms with Gasteiger partial charge in [-0.3, -0.25) is 0 Å². The van der Waals surface area contributed by atoms with Crippen molar-refractivity contribution in [2.45, 2.75) is 0 Å². The largest absolute Gasteiger partial charge is 0.508 e. The third kappa shape index (κ3) is 1.76. The molecule has 0 spiro atoms. The van der Waals surface area contributed by atoms with Crippen LogP contribution >= 0.6 is 27.5 Å². The number of nitrogens with zero attached hydrogens (tertiary/aromatic N) is 2. The van der Waals surface area contributed by atoms with Crippen molar-refractivity contribution in [3.05, 3.63) is 40.2 Å². The van der Waals surface area contributed by atoms with Gasteiger partial charge in [0.25, 0.3) is 0 Å². The first-order chi connectivity index (χ1) is 8.66. The molecule has 0 saturated carbocycles. The van der Waals surface area contributed by atoms with E-state index in [9.17, 15) is 5.11 Å². The molecular weight excluding hydrogens is 320 g/mol. The summed E-state index contributed by atoms with van der Waals surface area (Å²) in [6, 6.07) is 6.67. The molecule has 0 unspecified atom stereocenters. The molecule has 6 heteroatoms.